The normalized spacial score (nSPS) is 24.7. The topological polar surface area (TPSA) is 90.9 Å². The van der Waals surface area contributed by atoms with Crippen molar-refractivity contribution in [2.75, 3.05) is 99.6 Å². The first kappa shape index (κ1) is 32.3. The minimum Gasteiger partial charge on any atom is -0.460 e. The van der Waals surface area contributed by atoms with Crippen LogP contribution >= 0.6 is 0 Å². The lowest BCUT2D eigenvalue weighted by Gasteiger charge is -2.57. The first-order chi connectivity index (χ1) is 20.2. The third-order valence-electron chi connectivity index (χ3n) is 8.52. The van der Waals surface area contributed by atoms with Gasteiger partial charge in [0.15, 0.2) is 0 Å². The van der Waals surface area contributed by atoms with Crippen molar-refractivity contribution < 1.29 is 42.7 Å². The van der Waals surface area contributed by atoms with Crippen LogP contribution in [0.25, 0.3) is 0 Å². The highest BCUT2D eigenvalue weighted by atomic mass is 16.6. The van der Waals surface area contributed by atoms with Crippen LogP contribution in [0, 0.1) is 17.8 Å². The molecule has 4 saturated carbocycles. The molecule has 41 heavy (non-hydrogen) atoms. The number of ether oxygens (including phenoxy) is 8. The molecule has 0 aliphatic heterocycles. The van der Waals surface area contributed by atoms with Crippen molar-refractivity contribution in [1.29, 1.82) is 0 Å². The second-order valence-corrected chi connectivity index (χ2v) is 11.6. The molecule has 0 saturated heterocycles. The maximum atomic E-state index is 12.5. The molecule has 0 N–H and O–H groups in total. The molecule has 1 aromatic carbocycles. The highest BCUT2D eigenvalue weighted by Gasteiger charge is 2.51. The molecule has 0 unspecified atom stereocenters. The summed E-state index contributed by atoms with van der Waals surface area (Å²) in [7, 11) is 1.65. The molecular formula is C32H50O9. The molecule has 0 amide bonds. The Hall–Kier alpha value is -1.59. The minimum absolute atomic E-state index is 0.228. The number of carbonyl (C=O) groups is 1. The van der Waals surface area contributed by atoms with Gasteiger partial charge < -0.3 is 37.9 Å². The van der Waals surface area contributed by atoms with Crippen LogP contribution < -0.4 is 0 Å². The summed E-state index contributed by atoms with van der Waals surface area (Å²) >= 11 is 0. The van der Waals surface area contributed by atoms with Crippen molar-refractivity contribution in [2.45, 2.75) is 43.9 Å². The lowest BCUT2D eigenvalue weighted by Crippen LogP contribution is -2.48. The maximum Gasteiger partial charge on any atom is 0.338 e. The Morgan fingerprint density at radius 2 is 0.951 bits per heavy atom. The number of hydrogen-bond acceptors (Lipinski definition) is 9. The highest BCUT2D eigenvalue weighted by molar-refractivity contribution is 5.89. The Balaban J connectivity index is 0.918. The van der Waals surface area contributed by atoms with Gasteiger partial charge in [0.2, 0.25) is 0 Å². The van der Waals surface area contributed by atoms with E-state index in [1.165, 1.54) is 44.1 Å². The molecule has 0 atom stereocenters. The Morgan fingerprint density at radius 1 is 0.585 bits per heavy atom. The van der Waals surface area contributed by atoms with E-state index in [1.54, 1.807) is 7.11 Å². The summed E-state index contributed by atoms with van der Waals surface area (Å²) in [6.45, 7) is 6.83. The lowest BCUT2D eigenvalue weighted by atomic mass is 9.48. The van der Waals surface area contributed by atoms with E-state index in [1.807, 2.05) is 12.1 Å². The number of benzene rings is 1. The zero-order valence-electron chi connectivity index (χ0n) is 24.9. The van der Waals surface area contributed by atoms with Gasteiger partial charge in [-0.3, -0.25) is 0 Å². The van der Waals surface area contributed by atoms with Gasteiger partial charge in [0.05, 0.1) is 91.5 Å². The first-order valence-corrected chi connectivity index (χ1v) is 15.4. The van der Waals surface area contributed by atoms with E-state index in [0.29, 0.717) is 96.9 Å². The maximum absolute atomic E-state index is 12.5. The summed E-state index contributed by atoms with van der Waals surface area (Å²) in [4.78, 5) is 12.5. The molecule has 5 rings (SSSR count). The van der Waals surface area contributed by atoms with Crippen LogP contribution in [-0.4, -0.2) is 106 Å². The molecular weight excluding hydrogens is 528 g/mol. The van der Waals surface area contributed by atoms with Crippen molar-refractivity contribution in [3.8, 4) is 0 Å². The van der Waals surface area contributed by atoms with Crippen molar-refractivity contribution in [2.24, 2.45) is 17.8 Å². The molecule has 4 fully saturated rings. The van der Waals surface area contributed by atoms with Crippen LogP contribution in [0.4, 0.5) is 0 Å². The molecule has 232 valence electrons. The summed E-state index contributed by atoms with van der Waals surface area (Å²) in [6.07, 6.45) is 8.30. The van der Waals surface area contributed by atoms with Gasteiger partial charge in [-0.15, -0.1) is 0 Å². The average Bonchev–Trinajstić information content (AvgIpc) is 2.97. The van der Waals surface area contributed by atoms with Crippen LogP contribution in [0.5, 0.6) is 0 Å². The Bertz CT molecular complexity index is 824. The molecule has 0 radical (unpaired) electrons. The van der Waals surface area contributed by atoms with Crippen molar-refractivity contribution in [3.05, 3.63) is 35.4 Å². The number of methoxy groups -OCH3 is 1. The average molecular weight is 579 g/mol. The molecule has 0 spiro atoms. The van der Waals surface area contributed by atoms with Gasteiger partial charge in [-0.2, -0.15) is 0 Å². The third-order valence-corrected chi connectivity index (χ3v) is 8.52. The first-order valence-electron chi connectivity index (χ1n) is 15.4. The summed E-state index contributed by atoms with van der Waals surface area (Å²) in [5, 5.41) is 0. The van der Waals surface area contributed by atoms with Gasteiger partial charge in [0, 0.05) is 7.11 Å². The van der Waals surface area contributed by atoms with Crippen molar-refractivity contribution >= 4 is 5.97 Å². The SMILES string of the molecule is COCCOCCOCCOCCOCCOCCOCCOC(=O)c1ccc(C23CC4CC(CC(C4)C2)C3)cc1. The summed E-state index contributed by atoms with van der Waals surface area (Å²) < 4.78 is 42.9. The Kier molecular flexibility index (Phi) is 14.3. The smallest absolute Gasteiger partial charge is 0.338 e. The van der Waals surface area contributed by atoms with E-state index in [0.717, 1.165) is 17.8 Å². The second-order valence-electron chi connectivity index (χ2n) is 11.6. The van der Waals surface area contributed by atoms with E-state index >= 15 is 0 Å². The highest BCUT2D eigenvalue weighted by Crippen LogP contribution is 2.60. The fourth-order valence-electron chi connectivity index (χ4n) is 7.04. The van der Waals surface area contributed by atoms with Gasteiger partial charge in [-0.05, 0) is 79.4 Å². The molecule has 9 nitrogen and oxygen atoms in total. The predicted octanol–water partition coefficient (Wildman–Crippen LogP) is 4.06. The van der Waals surface area contributed by atoms with E-state index in [9.17, 15) is 4.79 Å². The van der Waals surface area contributed by atoms with E-state index in [2.05, 4.69) is 12.1 Å². The largest absolute Gasteiger partial charge is 0.460 e. The zero-order valence-corrected chi connectivity index (χ0v) is 24.9. The number of rotatable bonds is 23. The molecule has 1 aromatic rings. The van der Waals surface area contributed by atoms with Crippen LogP contribution in [0.3, 0.4) is 0 Å². The van der Waals surface area contributed by atoms with Crippen LogP contribution in [0.2, 0.25) is 0 Å². The lowest BCUT2D eigenvalue weighted by molar-refractivity contribution is -0.0211. The summed E-state index contributed by atoms with van der Waals surface area (Å²) in [5.74, 6) is 2.44. The third kappa shape index (κ3) is 10.9. The van der Waals surface area contributed by atoms with E-state index < -0.39 is 0 Å². The summed E-state index contributed by atoms with van der Waals surface area (Å²) in [5.41, 5.74) is 2.39. The fraction of sp³-hybridized carbons (Fsp3) is 0.781. The number of carbonyl (C=O) groups excluding carboxylic acids is 1. The van der Waals surface area contributed by atoms with Crippen molar-refractivity contribution in [3.63, 3.8) is 0 Å². The van der Waals surface area contributed by atoms with Crippen molar-refractivity contribution in [1.82, 2.24) is 0 Å². The van der Waals surface area contributed by atoms with Crippen LogP contribution in [0.1, 0.15) is 54.4 Å². The predicted molar refractivity (Wildman–Crippen MR) is 153 cm³/mol. The molecule has 4 aliphatic carbocycles. The second kappa shape index (κ2) is 18.2. The summed E-state index contributed by atoms with van der Waals surface area (Å²) in [6, 6.07) is 8.23. The molecule has 4 bridgehead atoms. The van der Waals surface area contributed by atoms with Gasteiger partial charge >= 0.3 is 5.97 Å². The quantitative estimate of drug-likeness (QED) is 0.141. The zero-order chi connectivity index (χ0) is 28.6. The monoisotopic (exact) mass is 578 g/mol. The minimum atomic E-state index is -0.293. The standard InChI is InChI=1S/C32H50O9/c1-34-6-7-35-8-9-36-10-11-37-12-13-38-14-15-39-16-17-40-18-19-41-31(33)29-2-4-30(5-3-29)32-23-26-20-27(24-32)22-28(21-26)25-32/h2-5,26-28H,6-25H2,1H3. The van der Waals surface area contributed by atoms with Gasteiger partial charge in [-0.25, -0.2) is 4.79 Å². The molecule has 4 aliphatic rings. The number of esters is 1. The molecule has 0 aromatic heterocycles. The molecule has 9 heteroatoms. The Morgan fingerprint density at radius 3 is 1.34 bits per heavy atom. The van der Waals surface area contributed by atoms with Gasteiger partial charge in [-0.1, -0.05) is 12.1 Å². The van der Waals surface area contributed by atoms with Gasteiger partial charge in [0.1, 0.15) is 6.61 Å². The van der Waals surface area contributed by atoms with Crippen LogP contribution in [-0.2, 0) is 43.3 Å². The van der Waals surface area contributed by atoms with Crippen LogP contribution in [0.15, 0.2) is 24.3 Å². The Labute approximate surface area is 245 Å². The van der Waals surface area contributed by atoms with E-state index in [4.69, 9.17) is 37.9 Å². The van der Waals surface area contributed by atoms with E-state index in [-0.39, 0.29) is 12.6 Å². The number of hydrogen-bond donors (Lipinski definition) is 0. The van der Waals surface area contributed by atoms with Gasteiger partial charge in [0.25, 0.3) is 0 Å². The fourth-order valence-corrected chi connectivity index (χ4v) is 7.04. The molecule has 0 heterocycles.